The minimum atomic E-state index is -0.972. The zero-order valence-corrected chi connectivity index (χ0v) is 8.31. The number of carboxylic acids is 1. The molecule has 0 spiro atoms. The fourth-order valence-corrected chi connectivity index (χ4v) is 0.854. The molecule has 5 heteroatoms. The van der Waals surface area contributed by atoms with Crippen LogP contribution in [0, 0.1) is 0 Å². The molecule has 1 aromatic carbocycles. The van der Waals surface area contributed by atoms with Gasteiger partial charge in [-0.15, -0.1) is 0 Å². The number of aliphatic carboxylic acids is 1. The molecule has 0 amide bonds. The minimum Gasteiger partial charge on any atom is -0.504 e. The third-order valence-corrected chi connectivity index (χ3v) is 1.40. The zero-order valence-electron chi connectivity index (χ0n) is 6.90. The van der Waals surface area contributed by atoms with Gasteiger partial charge in [0.2, 0.25) is 0 Å². The van der Waals surface area contributed by atoms with Crippen molar-refractivity contribution in [3.63, 3.8) is 0 Å². The van der Waals surface area contributed by atoms with E-state index in [0.717, 1.165) is 0 Å². The van der Waals surface area contributed by atoms with Crippen molar-refractivity contribution in [1.82, 2.24) is 0 Å². The Morgan fingerprint density at radius 3 is 2.31 bits per heavy atom. The molecule has 13 heavy (non-hydrogen) atoms. The van der Waals surface area contributed by atoms with Crippen LogP contribution >= 0.6 is 0 Å². The Kier molecular flexibility index (Phi) is 4.57. The molecule has 0 aliphatic heterocycles. The Bertz CT molecular complexity index is 311. The molecular formula is C8H8MgO4+2. The Labute approximate surface area is 91.0 Å². The quantitative estimate of drug-likeness (QED) is 0.467. The summed E-state index contributed by atoms with van der Waals surface area (Å²) in [5, 5.41) is 26.2. The maximum Gasteiger partial charge on any atom is 2.00 e. The molecule has 1 aromatic rings. The third-order valence-electron chi connectivity index (χ3n) is 1.40. The van der Waals surface area contributed by atoms with Crippen LogP contribution in [0.4, 0.5) is 0 Å². The Hall–Kier alpha value is -0.944. The minimum absolute atomic E-state index is 0. The zero-order chi connectivity index (χ0) is 9.14. The number of benzene rings is 1. The summed E-state index contributed by atoms with van der Waals surface area (Å²) < 4.78 is 0. The van der Waals surface area contributed by atoms with E-state index in [4.69, 9.17) is 15.3 Å². The molecule has 0 fully saturated rings. The van der Waals surface area contributed by atoms with E-state index in [9.17, 15) is 4.79 Å². The van der Waals surface area contributed by atoms with Crippen LogP contribution in [0.5, 0.6) is 11.5 Å². The molecule has 0 unspecified atom stereocenters. The average molecular weight is 192 g/mol. The normalized spacial score (nSPS) is 8.92. The van der Waals surface area contributed by atoms with Gasteiger partial charge in [-0.25, -0.2) is 0 Å². The van der Waals surface area contributed by atoms with Crippen molar-refractivity contribution < 1.29 is 20.1 Å². The second-order valence-electron chi connectivity index (χ2n) is 2.39. The van der Waals surface area contributed by atoms with E-state index in [1.54, 1.807) is 0 Å². The SMILES string of the molecule is O=C(O)Cc1ccc(O)c(O)c1.[Mg+2]. The van der Waals surface area contributed by atoms with E-state index < -0.39 is 5.97 Å². The molecule has 0 aliphatic carbocycles. The molecule has 0 radical (unpaired) electrons. The summed E-state index contributed by atoms with van der Waals surface area (Å²) >= 11 is 0. The summed E-state index contributed by atoms with van der Waals surface area (Å²) in [7, 11) is 0. The molecular weight excluding hydrogens is 184 g/mol. The van der Waals surface area contributed by atoms with Gasteiger partial charge in [-0.05, 0) is 17.7 Å². The van der Waals surface area contributed by atoms with Gasteiger partial charge in [0.1, 0.15) is 0 Å². The topological polar surface area (TPSA) is 77.8 Å². The van der Waals surface area contributed by atoms with Gasteiger partial charge in [0.25, 0.3) is 0 Å². The van der Waals surface area contributed by atoms with Gasteiger partial charge in [0, 0.05) is 0 Å². The second kappa shape index (κ2) is 4.93. The average Bonchev–Trinajstić information content (AvgIpc) is 1.96. The molecule has 3 N–H and O–H groups in total. The van der Waals surface area contributed by atoms with Crippen LogP contribution in [-0.4, -0.2) is 44.3 Å². The number of carboxylic acid groups (broad SMARTS) is 1. The predicted molar refractivity (Wildman–Crippen MR) is 46.9 cm³/mol. The monoisotopic (exact) mass is 192 g/mol. The first-order valence-electron chi connectivity index (χ1n) is 3.32. The van der Waals surface area contributed by atoms with Crippen molar-refractivity contribution in [2.24, 2.45) is 0 Å². The summed E-state index contributed by atoms with van der Waals surface area (Å²) in [6, 6.07) is 3.93. The number of rotatable bonds is 2. The summed E-state index contributed by atoms with van der Waals surface area (Å²) in [5.74, 6) is -1.52. The van der Waals surface area contributed by atoms with E-state index in [0.29, 0.717) is 5.56 Å². The Morgan fingerprint density at radius 1 is 1.23 bits per heavy atom. The van der Waals surface area contributed by atoms with Gasteiger partial charge in [-0.3, -0.25) is 4.79 Å². The molecule has 0 bridgehead atoms. The van der Waals surface area contributed by atoms with Crippen LogP contribution in [0.3, 0.4) is 0 Å². The van der Waals surface area contributed by atoms with E-state index in [1.807, 2.05) is 0 Å². The van der Waals surface area contributed by atoms with Crippen molar-refractivity contribution in [3.8, 4) is 11.5 Å². The van der Waals surface area contributed by atoms with E-state index in [2.05, 4.69) is 0 Å². The van der Waals surface area contributed by atoms with E-state index in [-0.39, 0.29) is 41.0 Å². The van der Waals surface area contributed by atoms with E-state index >= 15 is 0 Å². The van der Waals surface area contributed by atoms with Crippen LogP contribution < -0.4 is 0 Å². The summed E-state index contributed by atoms with van der Waals surface area (Å²) in [5.41, 5.74) is 0.456. The van der Waals surface area contributed by atoms with Gasteiger partial charge >= 0.3 is 29.0 Å². The largest absolute Gasteiger partial charge is 2.00 e. The van der Waals surface area contributed by atoms with Crippen molar-refractivity contribution in [2.75, 3.05) is 0 Å². The maximum atomic E-state index is 10.2. The molecule has 0 aliphatic rings. The van der Waals surface area contributed by atoms with Crippen molar-refractivity contribution in [2.45, 2.75) is 6.42 Å². The molecule has 0 heterocycles. The molecule has 0 saturated carbocycles. The molecule has 0 aromatic heterocycles. The van der Waals surface area contributed by atoms with Crippen molar-refractivity contribution in [3.05, 3.63) is 23.8 Å². The van der Waals surface area contributed by atoms with Crippen LogP contribution in [0.25, 0.3) is 0 Å². The van der Waals surface area contributed by atoms with Crippen molar-refractivity contribution in [1.29, 1.82) is 0 Å². The van der Waals surface area contributed by atoms with Crippen LogP contribution in [0.2, 0.25) is 0 Å². The number of phenols is 2. The molecule has 4 nitrogen and oxygen atoms in total. The van der Waals surface area contributed by atoms with Gasteiger partial charge in [-0.1, -0.05) is 6.07 Å². The Balaban J connectivity index is 0.00000144. The first-order valence-corrected chi connectivity index (χ1v) is 3.32. The summed E-state index contributed by atoms with van der Waals surface area (Å²) in [6.45, 7) is 0. The Morgan fingerprint density at radius 2 is 1.85 bits per heavy atom. The second-order valence-corrected chi connectivity index (χ2v) is 2.39. The molecule has 1 rings (SSSR count). The first-order chi connectivity index (χ1) is 5.59. The van der Waals surface area contributed by atoms with E-state index in [1.165, 1.54) is 18.2 Å². The fraction of sp³-hybridized carbons (Fsp3) is 0.125. The number of hydrogen-bond donors (Lipinski definition) is 3. The van der Waals surface area contributed by atoms with Crippen LogP contribution in [0.15, 0.2) is 18.2 Å². The maximum absolute atomic E-state index is 10.2. The molecule has 64 valence electrons. The smallest absolute Gasteiger partial charge is 0.504 e. The number of carbonyl (C=O) groups is 1. The standard InChI is InChI=1S/C8H8O4.Mg/c9-6-2-1-5(3-7(6)10)4-8(11)12;/h1-3,9-10H,4H2,(H,11,12);/q;+2. The fourth-order valence-electron chi connectivity index (χ4n) is 0.854. The molecule has 0 saturated heterocycles. The number of phenolic OH excluding ortho intramolecular Hbond substituents is 2. The summed E-state index contributed by atoms with van der Waals surface area (Å²) in [4.78, 5) is 10.2. The summed E-state index contributed by atoms with van der Waals surface area (Å²) in [6.07, 6.45) is -0.159. The van der Waals surface area contributed by atoms with Gasteiger partial charge in [0.15, 0.2) is 11.5 Å². The number of aromatic hydroxyl groups is 2. The van der Waals surface area contributed by atoms with Gasteiger partial charge in [0.05, 0.1) is 6.42 Å². The van der Waals surface area contributed by atoms with Crippen molar-refractivity contribution >= 4 is 29.0 Å². The number of hydrogen-bond acceptors (Lipinski definition) is 3. The first kappa shape index (κ1) is 12.1. The molecule has 0 atom stereocenters. The van der Waals surface area contributed by atoms with Gasteiger partial charge < -0.3 is 15.3 Å². The predicted octanol–water partition coefficient (Wildman–Crippen LogP) is 0.344. The third kappa shape index (κ3) is 3.52. The van der Waals surface area contributed by atoms with Gasteiger partial charge in [-0.2, -0.15) is 0 Å². The van der Waals surface area contributed by atoms with Crippen LogP contribution in [-0.2, 0) is 11.2 Å². The van der Waals surface area contributed by atoms with Crippen LogP contribution in [0.1, 0.15) is 5.56 Å².